The summed E-state index contributed by atoms with van der Waals surface area (Å²) in [6.07, 6.45) is 0.443. The Bertz CT molecular complexity index is 1180. The van der Waals surface area contributed by atoms with Crippen LogP contribution >= 0.6 is 0 Å². The average Bonchev–Trinajstić information content (AvgIpc) is 2.97. The second-order valence-electron chi connectivity index (χ2n) is 7.74. The minimum atomic E-state index is -1.25. The third-order valence-electron chi connectivity index (χ3n) is 5.53. The standard InChI is InChI=1S/C24H22FN3O3/c1-24(19-10-9-17-6-2-3-7-18(17)14-19)22(30)28(23(31)27-24)15-21(29)26-12-11-16-5-4-8-20(25)13-16/h2-10,13-14H,11-12,15H2,1H3,(H,26,29)(H,27,31)/t24-/m0/s1. The van der Waals surface area contributed by atoms with E-state index in [1.807, 2.05) is 42.5 Å². The topological polar surface area (TPSA) is 78.5 Å². The highest BCUT2D eigenvalue weighted by Crippen LogP contribution is 2.30. The summed E-state index contributed by atoms with van der Waals surface area (Å²) in [5.41, 5.74) is 0.154. The van der Waals surface area contributed by atoms with Crippen LogP contribution in [0, 0.1) is 5.82 Å². The SMILES string of the molecule is C[C@@]1(c2ccc3ccccc3c2)NC(=O)N(CC(=O)NCCc2cccc(F)c2)C1=O. The van der Waals surface area contributed by atoms with Gasteiger partial charge in [-0.25, -0.2) is 9.18 Å². The third kappa shape index (κ3) is 4.12. The van der Waals surface area contributed by atoms with Crippen LogP contribution < -0.4 is 10.6 Å². The number of carbonyl (C=O) groups excluding carboxylic acids is 3. The van der Waals surface area contributed by atoms with E-state index in [9.17, 15) is 18.8 Å². The van der Waals surface area contributed by atoms with E-state index >= 15 is 0 Å². The summed E-state index contributed by atoms with van der Waals surface area (Å²) in [6.45, 7) is 1.53. The fraction of sp³-hybridized carbons (Fsp3) is 0.208. The highest BCUT2D eigenvalue weighted by Gasteiger charge is 2.49. The summed E-state index contributed by atoms with van der Waals surface area (Å²) >= 11 is 0. The molecule has 0 aromatic heterocycles. The van der Waals surface area contributed by atoms with Crippen LogP contribution in [-0.4, -0.2) is 35.8 Å². The number of fused-ring (bicyclic) bond motifs is 1. The Kier molecular flexibility index (Phi) is 5.42. The van der Waals surface area contributed by atoms with Crippen molar-refractivity contribution in [2.45, 2.75) is 18.9 Å². The Labute approximate surface area is 179 Å². The fourth-order valence-electron chi connectivity index (χ4n) is 3.77. The van der Waals surface area contributed by atoms with E-state index in [-0.39, 0.29) is 18.9 Å². The Balaban J connectivity index is 1.41. The summed E-state index contributed by atoms with van der Waals surface area (Å²) in [4.78, 5) is 38.8. The van der Waals surface area contributed by atoms with Crippen LogP contribution in [0.25, 0.3) is 10.8 Å². The van der Waals surface area contributed by atoms with Crippen molar-refractivity contribution in [1.82, 2.24) is 15.5 Å². The third-order valence-corrected chi connectivity index (χ3v) is 5.53. The summed E-state index contributed by atoms with van der Waals surface area (Å²) in [5.74, 6) is -1.27. The predicted octanol–water partition coefficient (Wildman–Crippen LogP) is 3.10. The van der Waals surface area contributed by atoms with E-state index in [4.69, 9.17) is 0 Å². The summed E-state index contributed by atoms with van der Waals surface area (Å²) < 4.78 is 13.2. The number of amides is 4. The number of benzene rings is 3. The van der Waals surface area contributed by atoms with E-state index in [0.717, 1.165) is 21.2 Å². The Morgan fingerprint density at radius 1 is 1.03 bits per heavy atom. The molecule has 1 atom stereocenters. The van der Waals surface area contributed by atoms with Gasteiger partial charge in [-0.15, -0.1) is 0 Å². The second-order valence-corrected chi connectivity index (χ2v) is 7.74. The lowest BCUT2D eigenvalue weighted by Crippen LogP contribution is -2.43. The van der Waals surface area contributed by atoms with Gasteiger partial charge in [0.2, 0.25) is 5.91 Å². The molecule has 3 aromatic rings. The van der Waals surface area contributed by atoms with Crippen LogP contribution in [0.5, 0.6) is 0 Å². The van der Waals surface area contributed by atoms with Gasteiger partial charge in [0.25, 0.3) is 5.91 Å². The first-order chi connectivity index (χ1) is 14.9. The van der Waals surface area contributed by atoms with Crippen LogP contribution in [0.3, 0.4) is 0 Å². The molecule has 1 aliphatic heterocycles. The number of hydrogen-bond donors (Lipinski definition) is 2. The van der Waals surface area contributed by atoms with Crippen molar-refractivity contribution in [3.05, 3.63) is 83.7 Å². The first-order valence-electron chi connectivity index (χ1n) is 10.0. The molecule has 31 heavy (non-hydrogen) atoms. The lowest BCUT2D eigenvalue weighted by atomic mass is 9.90. The van der Waals surface area contributed by atoms with Crippen LogP contribution in [-0.2, 0) is 21.5 Å². The molecule has 1 aliphatic rings. The lowest BCUT2D eigenvalue weighted by molar-refractivity contribution is -0.134. The van der Waals surface area contributed by atoms with E-state index in [0.29, 0.717) is 12.0 Å². The minimum Gasteiger partial charge on any atom is -0.354 e. The van der Waals surface area contributed by atoms with Gasteiger partial charge in [-0.3, -0.25) is 14.5 Å². The molecule has 2 N–H and O–H groups in total. The molecular weight excluding hydrogens is 397 g/mol. The smallest absolute Gasteiger partial charge is 0.325 e. The first kappa shape index (κ1) is 20.5. The molecule has 4 amide bonds. The number of imide groups is 1. The second kappa shape index (κ2) is 8.18. The summed E-state index contributed by atoms with van der Waals surface area (Å²) in [7, 11) is 0. The molecule has 0 unspecified atom stereocenters. The van der Waals surface area contributed by atoms with E-state index in [1.165, 1.54) is 12.1 Å². The maximum Gasteiger partial charge on any atom is 0.325 e. The van der Waals surface area contributed by atoms with Crippen LogP contribution in [0.4, 0.5) is 9.18 Å². The van der Waals surface area contributed by atoms with Crippen molar-refractivity contribution >= 4 is 28.6 Å². The molecule has 7 heteroatoms. The van der Waals surface area contributed by atoms with Gasteiger partial charge in [-0.1, -0.05) is 48.5 Å². The van der Waals surface area contributed by atoms with Crippen LogP contribution in [0.15, 0.2) is 66.7 Å². The van der Waals surface area contributed by atoms with Gasteiger partial charge in [0.15, 0.2) is 0 Å². The van der Waals surface area contributed by atoms with Gasteiger partial charge in [0.1, 0.15) is 17.9 Å². The fourth-order valence-corrected chi connectivity index (χ4v) is 3.77. The zero-order valence-corrected chi connectivity index (χ0v) is 17.0. The molecule has 158 valence electrons. The maximum atomic E-state index is 13.2. The quantitative estimate of drug-likeness (QED) is 0.603. The molecule has 1 fully saturated rings. The highest BCUT2D eigenvalue weighted by molar-refractivity contribution is 6.09. The first-order valence-corrected chi connectivity index (χ1v) is 10.0. The van der Waals surface area contributed by atoms with Crippen molar-refractivity contribution in [1.29, 1.82) is 0 Å². The molecular formula is C24H22FN3O3. The molecule has 3 aromatic carbocycles. The monoisotopic (exact) mass is 419 g/mol. The number of urea groups is 1. The number of hydrogen-bond acceptors (Lipinski definition) is 3. The highest BCUT2D eigenvalue weighted by atomic mass is 19.1. The maximum absolute atomic E-state index is 13.2. The zero-order chi connectivity index (χ0) is 22.0. The molecule has 0 aliphatic carbocycles. The largest absolute Gasteiger partial charge is 0.354 e. The predicted molar refractivity (Wildman–Crippen MR) is 115 cm³/mol. The zero-order valence-electron chi connectivity index (χ0n) is 17.0. The number of nitrogens with one attached hydrogen (secondary N) is 2. The van der Waals surface area contributed by atoms with Gasteiger partial charge in [0, 0.05) is 6.54 Å². The number of nitrogens with zero attached hydrogens (tertiary/aromatic N) is 1. The van der Waals surface area contributed by atoms with E-state index in [1.54, 1.807) is 19.1 Å². The molecule has 4 rings (SSSR count). The Hall–Kier alpha value is -3.74. The van der Waals surface area contributed by atoms with Crippen molar-refractivity contribution in [3.63, 3.8) is 0 Å². The van der Waals surface area contributed by atoms with Crippen molar-refractivity contribution < 1.29 is 18.8 Å². The molecule has 0 bridgehead atoms. The lowest BCUT2D eigenvalue weighted by Gasteiger charge is -2.22. The van der Waals surface area contributed by atoms with Gasteiger partial charge in [-0.2, -0.15) is 0 Å². The number of halogens is 1. The average molecular weight is 419 g/mol. The normalized spacial score (nSPS) is 18.3. The number of carbonyl (C=O) groups is 3. The molecule has 0 saturated carbocycles. The summed E-state index contributed by atoms with van der Waals surface area (Å²) in [5, 5.41) is 7.38. The van der Waals surface area contributed by atoms with Crippen LogP contribution in [0.1, 0.15) is 18.1 Å². The van der Waals surface area contributed by atoms with Gasteiger partial charge >= 0.3 is 6.03 Å². The molecule has 1 saturated heterocycles. The van der Waals surface area contributed by atoms with Gasteiger partial charge in [0.05, 0.1) is 0 Å². The molecule has 0 spiro atoms. The van der Waals surface area contributed by atoms with E-state index < -0.39 is 23.4 Å². The Morgan fingerprint density at radius 2 is 1.81 bits per heavy atom. The molecule has 0 radical (unpaired) electrons. The molecule has 1 heterocycles. The van der Waals surface area contributed by atoms with E-state index in [2.05, 4.69) is 10.6 Å². The molecule has 6 nitrogen and oxygen atoms in total. The van der Waals surface area contributed by atoms with Crippen molar-refractivity contribution in [2.24, 2.45) is 0 Å². The van der Waals surface area contributed by atoms with Gasteiger partial charge < -0.3 is 10.6 Å². The van der Waals surface area contributed by atoms with Crippen molar-refractivity contribution in [2.75, 3.05) is 13.1 Å². The Morgan fingerprint density at radius 3 is 2.58 bits per heavy atom. The van der Waals surface area contributed by atoms with Gasteiger partial charge in [-0.05, 0) is 53.4 Å². The minimum absolute atomic E-state index is 0.272. The summed E-state index contributed by atoms with van der Waals surface area (Å²) in [6, 6.07) is 18.8. The number of rotatable bonds is 6. The van der Waals surface area contributed by atoms with Crippen molar-refractivity contribution in [3.8, 4) is 0 Å². The van der Waals surface area contributed by atoms with Crippen LogP contribution in [0.2, 0.25) is 0 Å².